The molecule has 1 fully saturated rings. The van der Waals surface area contributed by atoms with Crippen molar-refractivity contribution in [2.45, 2.75) is 18.8 Å². The molecule has 1 amide bonds. The molecule has 1 aromatic heterocycles. The molecule has 7 heteroatoms. The van der Waals surface area contributed by atoms with Gasteiger partial charge >= 0.3 is 0 Å². The Kier molecular flexibility index (Phi) is 3.38. The first-order valence-corrected chi connectivity index (χ1v) is 5.85. The van der Waals surface area contributed by atoms with Gasteiger partial charge in [-0.3, -0.25) is 4.79 Å². The summed E-state index contributed by atoms with van der Waals surface area (Å²) in [7, 11) is 0. The molecule has 1 aliphatic heterocycles. The molecule has 1 aliphatic rings. The summed E-state index contributed by atoms with van der Waals surface area (Å²) in [5, 5.41) is 0.136. The number of carbonyl (C=O) groups excluding carboxylic acids is 1. The van der Waals surface area contributed by atoms with Gasteiger partial charge in [0.25, 0.3) is 11.8 Å². The van der Waals surface area contributed by atoms with Crippen molar-refractivity contribution in [1.29, 1.82) is 0 Å². The second kappa shape index (κ2) is 4.68. The predicted molar refractivity (Wildman–Crippen MR) is 63.7 cm³/mol. The van der Waals surface area contributed by atoms with E-state index in [4.69, 9.17) is 17.3 Å². The van der Waals surface area contributed by atoms with Crippen LogP contribution in [-0.2, 0) is 0 Å². The molecule has 0 aliphatic carbocycles. The number of alkyl halides is 2. The van der Waals surface area contributed by atoms with Gasteiger partial charge in [-0.1, -0.05) is 11.6 Å². The first kappa shape index (κ1) is 13.0. The molecule has 0 radical (unpaired) electrons. The topological polar surface area (TPSA) is 59.2 Å². The largest absolute Gasteiger partial charge is 0.397 e. The highest BCUT2D eigenvalue weighted by molar-refractivity contribution is 6.33. The molecule has 4 nitrogen and oxygen atoms in total. The standard InChI is InChI=1S/C11H12ClF2N3O/c12-8-5-7(15)6-16-9(8)10(18)17-3-1-11(13,14)2-4-17/h5-6H,1-4,15H2. The number of pyridine rings is 1. The summed E-state index contributed by atoms with van der Waals surface area (Å²) in [5.41, 5.74) is 5.87. The van der Waals surface area contributed by atoms with Crippen LogP contribution in [-0.4, -0.2) is 34.8 Å². The van der Waals surface area contributed by atoms with Crippen LogP contribution < -0.4 is 5.73 Å². The van der Waals surface area contributed by atoms with Crippen molar-refractivity contribution in [2.75, 3.05) is 18.8 Å². The number of likely N-dealkylation sites (tertiary alicyclic amines) is 1. The molecule has 1 saturated heterocycles. The maximum Gasteiger partial charge on any atom is 0.274 e. The number of nitrogens with zero attached hydrogens (tertiary/aromatic N) is 2. The van der Waals surface area contributed by atoms with Gasteiger partial charge in [0.05, 0.1) is 16.9 Å². The zero-order chi connectivity index (χ0) is 13.3. The number of hydrogen-bond donors (Lipinski definition) is 1. The monoisotopic (exact) mass is 275 g/mol. The molecule has 1 aromatic rings. The molecule has 18 heavy (non-hydrogen) atoms. The Morgan fingerprint density at radius 2 is 2.06 bits per heavy atom. The van der Waals surface area contributed by atoms with Crippen LogP contribution in [0.25, 0.3) is 0 Å². The number of nitrogen functional groups attached to an aromatic ring is 1. The minimum atomic E-state index is -2.69. The highest BCUT2D eigenvalue weighted by Gasteiger charge is 2.36. The Balaban J connectivity index is 2.13. The Labute approximate surface area is 108 Å². The van der Waals surface area contributed by atoms with E-state index in [1.165, 1.54) is 17.2 Å². The number of rotatable bonds is 1. The molecule has 98 valence electrons. The quantitative estimate of drug-likeness (QED) is 0.855. The average molecular weight is 276 g/mol. The van der Waals surface area contributed by atoms with Gasteiger partial charge in [0.1, 0.15) is 5.69 Å². The lowest BCUT2D eigenvalue weighted by Crippen LogP contribution is -2.43. The van der Waals surface area contributed by atoms with E-state index < -0.39 is 11.8 Å². The lowest BCUT2D eigenvalue weighted by Gasteiger charge is -2.31. The summed E-state index contributed by atoms with van der Waals surface area (Å²) < 4.78 is 26.0. The number of halogens is 3. The molecule has 0 aromatic carbocycles. The fraction of sp³-hybridized carbons (Fsp3) is 0.455. The number of carbonyl (C=O) groups is 1. The summed E-state index contributed by atoms with van der Waals surface area (Å²) in [5.74, 6) is -3.12. The summed E-state index contributed by atoms with van der Waals surface area (Å²) >= 11 is 5.86. The molecule has 0 bridgehead atoms. The van der Waals surface area contributed by atoms with E-state index in [9.17, 15) is 13.6 Å². The van der Waals surface area contributed by atoms with Crippen LogP contribution in [0.1, 0.15) is 23.3 Å². The normalized spacial score (nSPS) is 18.7. The summed E-state index contributed by atoms with van der Waals surface area (Å²) in [6.07, 6.45) is 0.661. The number of piperidine rings is 1. The van der Waals surface area contributed by atoms with Crippen molar-refractivity contribution in [3.63, 3.8) is 0 Å². The predicted octanol–water partition coefficient (Wildman–Crippen LogP) is 2.19. The Morgan fingerprint density at radius 1 is 1.44 bits per heavy atom. The number of amides is 1. The summed E-state index contributed by atoms with van der Waals surface area (Å²) in [4.78, 5) is 17.2. The summed E-state index contributed by atoms with van der Waals surface area (Å²) in [6, 6.07) is 1.42. The molecule has 0 spiro atoms. The van der Waals surface area contributed by atoms with Gasteiger partial charge in [-0.15, -0.1) is 0 Å². The molecule has 2 heterocycles. The maximum atomic E-state index is 13.0. The van der Waals surface area contributed by atoms with Crippen LogP contribution in [0.2, 0.25) is 5.02 Å². The number of aromatic nitrogens is 1. The third kappa shape index (κ3) is 2.69. The van der Waals surface area contributed by atoms with Gasteiger partial charge in [-0.2, -0.15) is 0 Å². The van der Waals surface area contributed by atoms with Gasteiger partial charge in [0.15, 0.2) is 0 Å². The van der Waals surface area contributed by atoms with Crippen LogP contribution in [0.15, 0.2) is 12.3 Å². The van der Waals surface area contributed by atoms with Crippen molar-refractivity contribution >= 4 is 23.2 Å². The van der Waals surface area contributed by atoms with E-state index in [0.717, 1.165) is 0 Å². The van der Waals surface area contributed by atoms with E-state index in [1.807, 2.05) is 0 Å². The van der Waals surface area contributed by atoms with Crippen LogP contribution in [0.4, 0.5) is 14.5 Å². The Morgan fingerprint density at radius 3 is 2.61 bits per heavy atom. The minimum absolute atomic E-state index is 0.00815. The van der Waals surface area contributed by atoms with Crippen LogP contribution in [0.5, 0.6) is 0 Å². The van der Waals surface area contributed by atoms with Crippen LogP contribution >= 0.6 is 11.6 Å². The third-order valence-corrected chi connectivity index (χ3v) is 3.14. The molecular weight excluding hydrogens is 264 g/mol. The zero-order valence-electron chi connectivity index (χ0n) is 9.50. The highest BCUT2D eigenvalue weighted by Crippen LogP contribution is 2.29. The van der Waals surface area contributed by atoms with Crippen molar-refractivity contribution in [3.8, 4) is 0 Å². The molecule has 0 atom stereocenters. The second-order valence-corrected chi connectivity index (χ2v) is 4.65. The molecule has 0 unspecified atom stereocenters. The molecular formula is C11H12ClF2N3O. The van der Waals surface area contributed by atoms with E-state index in [0.29, 0.717) is 5.69 Å². The minimum Gasteiger partial charge on any atom is -0.397 e. The van der Waals surface area contributed by atoms with E-state index >= 15 is 0 Å². The smallest absolute Gasteiger partial charge is 0.274 e. The SMILES string of the molecule is Nc1cnc(C(=O)N2CCC(F)(F)CC2)c(Cl)c1. The van der Waals surface area contributed by atoms with E-state index in [-0.39, 0.29) is 36.6 Å². The van der Waals surface area contributed by atoms with Crippen LogP contribution in [0, 0.1) is 0 Å². The molecule has 2 rings (SSSR count). The highest BCUT2D eigenvalue weighted by atomic mass is 35.5. The van der Waals surface area contributed by atoms with E-state index in [2.05, 4.69) is 4.98 Å². The van der Waals surface area contributed by atoms with Crippen molar-refractivity contribution < 1.29 is 13.6 Å². The van der Waals surface area contributed by atoms with Gasteiger partial charge in [-0.25, -0.2) is 13.8 Å². The fourth-order valence-electron chi connectivity index (χ4n) is 1.80. The lowest BCUT2D eigenvalue weighted by atomic mass is 10.1. The number of anilines is 1. The maximum absolute atomic E-state index is 13.0. The third-order valence-electron chi connectivity index (χ3n) is 2.85. The first-order valence-electron chi connectivity index (χ1n) is 5.47. The molecule has 0 saturated carbocycles. The van der Waals surface area contributed by atoms with Crippen molar-refractivity contribution in [2.24, 2.45) is 0 Å². The van der Waals surface area contributed by atoms with Gasteiger partial charge in [0.2, 0.25) is 0 Å². The van der Waals surface area contributed by atoms with Gasteiger partial charge in [0, 0.05) is 25.9 Å². The number of hydrogen-bond acceptors (Lipinski definition) is 3. The molecule has 2 N–H and O–H groups in total. The average Bonchev–Trinajstić information content (AvgIpc) is 2.28. The van der Waals surface area contributed by atoms with Gasteiger partial charge < -0.3 is 10.6 Å². The van der Waals surface area contributed by atoms with Crippen molar-refractivity contribution in [3.05, 3.63) is 23.0 Å². The number of nitrogens with two attached hydrogens (primary N) is 1. The second-order valence-electron chi connectivity index (χ2n) is 4.25. The van der Waals surface area contributed by atoms with Crippen LogP contribution in [0.3, 0.4) is 0 Å². The van der Waals surface area contributed by atoms with Crippen molar-refractivity contribution in [1.82, 2.24) is 9.88 Å². The summed E-state index contributed by atoms with van der Waals surface area (Å²) in [6.45, 7) is 0.0163. The zero-order valence-corrected chi connectivity index (χ0v) is 10.3. The Hall–Kier alpha value is -1.43. The fourth-order valence-corrected chi connectivity index (χ4v) is 2.05. The van der Waals surface area contributed by atoms with Gasteiger partial charge in [-0.05, 0) is 6.07 Å². The lowest BCUT2D eigenvalue weighted by molar-refractivity contribution is -0.0495. The van der Waals surface area contributed by atoms with E-state index in [1.54, 1.807) is 0 Å². The Bertz CT molecular complexity index is 471. The first-order chi connectivity index (χ1) is 8.39.